The molecule has 3 aliphatic carbocycles. The van der Waals surface area contributed by atoms with E-state index >= 15 is 0 Å². The fourth-order valence-corrected chi connectivity index (χ4v) is 5.36. The minimum atomic E-state index is -0.885. The number of amides is 2. The van der Waals surface area contributed by atoms with Crippen molar-refractivity contribution >= 4 is 34.3 Å². The molecule has 1 heterocycles. The van der Waals surface area contributed by atoms with Crippen LogP contribution in [0.4, 0.5) is 8.78 Å². The summed E-state index contributed by atoms with van der Waals surface area (Å²) in [7, 11) is 0. The lowest BCUT2D eigenvalue weighted by Gasteiger charge is -2.56. The van der Waals surface area contributed by atoms with E-state index in [0.29, 0.717) is 36.6 Å². The molecule has 0 unspecified atom stereocenters. The summed E-state index contributed by atoms with van der Waals surface area (Å²) in [6.07, 6.45) is 2.75. The van der Waals surface area contributed by atoms with Crippen molar-refractivity contribution in [3.63, 3.8) is 0 Å². The zero-order valence-corrected chi connectivity index (χ0v) is 20.4. The second kappa shape index (κ2) is 9.79. The zero-order valence-electron chi connectivity index (χ0n) is 19.7. The van der Waals surface area contributed by atoms with E-state index in [1.54, 1.807) is 6.07 Å². The van der Waals surface area contributed by atoms with Crippen molar-refractivity contribution in [1.29, 1.82) is 0 Å². The Labute approximate surface area is 215 Å². The molecular weight excluding hydrogens is 510 g/mol. The fourth-order valence-electron chi connectivity index (χ4n) is 5.24. The first-order chi connectivity index (χ1) is 17.7. The molecule has 2 aromatic carbocycles. The Morgan fingerprint density at radius 3 is 2.41 bits per heavy atom. The molecule has 9 nitrogen and oxygen atoms in total. The number of halogens is 3. The first-order valence-corrected chi connectivity index (χ1v) is 12.2. The maximum Gasteiger partial charge on any atom is 0.258 e. The number of aromatic nitrogens is 2. The first kappa shape index (κ1) is 25.2. The predicted molar refractivity (Wildman–Crippen MR) is 129 cm³/mol. The lowest BCUT2D eigenvalue weighted by molar-refractivity contribution is -0.137. The van der Waals surface area contributed by atoms with E-state index < -0.39 is 40.6 Å². The molecule has 6 rings (SSSR count). The highest BCUT2D eigenvalue weighted by atomic mass is 35.5. The molecule has 3 fully saturated rings. The van der Waals surface area contributed by atoms with Gasteiger partial charge in [0.05, 0.1) is 33.8 Å². The van der Waals surface area contributed by atoms with Crippen LogP contribution >= 0.6 is 11.6 Å². The zero-order chi connectivity index (χ0) is 26.2. The van der Waals surface area contributed by atoms with E-state index in [9.17, 15) is 23.5 Å². The summed E-state index contributed by atoms with van der Waals surface area (Å²) in [4.78, 5) is 25.2. The van der Waals surface area contributed by atoms with Gasteiger partial charge in [0, 0.05) is 23.7 Å². The number of benzene rings is 2. The Balaban J connectivity index is 1.13. The number of H-pyrrole nitrogens is 1. The van der Waals surface area contributed by atoms with E-state index in [-0.39, 0.29) is 36.2 Å². The average molecular weight is 535 g/mol. The third kappa shape index (κ3) is 5.19. The van der Waals surface area contributed by atoms with E-state index in [1.165, 1.54) is 24.4 Å². The molecule has 3 aromatic rings. The van der Waals surface area contributed by atoms with Gasteiger partial charge >= 0.3 is 0 Å². The van der Waals surface area contributed by atoms with Crippen LogP contribution < -0.4 is 20.1 Å². The number of aromatic amines is 1. The quantitative estimate of drug-likeness (QED) is 0.352. The van der Waals surface area contributed by atoms with Crippen molar-refractivity contribution < 1.29 is 33.0 Å². The molecule has 4 N–H and O–H groups in total. The van der Waals surface area contributed by atoms with Crippen molar-refractivity contribution in [1.82, 2.24) is 20.8 Å². The van der Waals surface area contributed by atoms with Gasteiger partial charge in [-0.05, 0) is 44.2 Å². The molecule has 1 aromatic heterocycles. The molecule has 2 bridgehead atoms. The third-order valence-electron chi connectivity index (χ3n) is 7.23. The lowest BCUT2D eigenvalue weighted by atomic mass is 9.60. The molecule has 0 saturated heterocycles. The van der Waals surface area contributed by atoms with Gasteiger partial charge in [-0.2, -0.15) is 5.10 Å². The summed E-state index contributed by atoms with van der Waals surface area (Å²) in [6.45, 7) is -0.666. The number of carbonyl (C=O) groups excluding carboxylic acids is 2. The van der Waals surface area contributed by atoms with Crippen LogP contribution in [0.3, 0.4) is 0 Å². The maximum absolute atomic E-state index is 14.1. The number of aliphatic hydroxyl groups excluding tert-OH is 1. The van der Waals surface area contributed by atoms with Crippen molar-refractivity contribution in [3.05, 3.63) is 53.2 Å². The molecule has 0 aliphatic heterocycles. The summed E-state index contributed by atoms with van der Waals surface area (Å²) < 4.78 is 38.5. The molecule has 196 valence electrons. The number of nitrogens with one attached hydrogen (secondary N) is 3. The van der Waals surface area contributed by atoms with E-state index in [2.05, 4.69) is 20.8 Å². The minimum Gasteiger partial charge on any atom is -0.484 e. The standard InChI is InChI=1S/C25H25ClF2N4O5/c26-17-2-1-14(7-19(17)28)36-12-22(34)30-24-3-5-25(6-4-24,21(33)10-24)31-23(35)13-37-15-8-18(27)16-11-29-32-20(16)9-15/h1-2,7-9,11,21,33H,3-6,10,12-13H2,(H,29,32)(H,30,34)(H,31,35)/t21-,24?,25?/m0/s1. The van der Waals surface area contributed by atoms with Gasteiger partial charge in [-0.3, -0.25) is 14.7 Å². The summed E-state index contributed by atoms with van der Waals surface area (Å²) in [5.74, 6) is -1.63. The summed E-state index contributed by atoms with van der Waals surface area (Å²) in [6, 6.07) is 6.65. The van der Waals surface area contributed by atoms with Gasteiger partial charge in [-0.15, -0.1) is 0 Å². The van der Waals surface area contributed by atoms with Gasteiger partial charge in [0.15, 0.2) is 13.2 Å². The monoisotopic (exact) mass is 534 g/mol. The van der Waals surface area contributed by atoms with Crippen molar-refractivity contribution in [2.24, 2.45) is 0 Å². The number of fused-ring (bicyclic) bond motifs is 4. The molecule has 2 amide bonds. The Bertz CT molecular complexity index is 1340. The lowest BCUT2D eigenvalue weighted by Crippen LogP contribution is -2.70. The van der Waals surface area contributed by atoms with Crippen LogP contribution in [-0.2, 0) is 9.59 Å². The van der Waals surface area contributed by atoms with Crippen LogP contribution in [0.1, 0.15) is 32.1 Å². The first-order valence-electron chi connectivity index (χ1n) is 11.8. The van der Waals surface area contributed by atoms with Crippen LogP contribution in [-0.4, -0.2) is 57.5 Å². The van der Waals surface area contributed by atoms with Crippen molar-refractivity contribution in [2.75, 3.05) is 13.2 Å². The Kier molecular flexibility index (Phi) is 6.67. The van der Waals surface area contributed by atoms with Gasteiger partial charge < -0.3 is 25.2 Å². The highest BCUT2D eigenvalue weighted by Crippen LogP contribution is 2.47. The molecule has 3 saturated carbocycles. The van der Waals surface area contributed by atoms with E-state index in [4.69, 9.17) is 21.1 Å². The smallest absolute Gasteiger partial charge is 0.258 e. The molecular formula is C25H25ClF2N4O5. The fraction of sp³-hybridized carbons (Fsp3) is 0.400. The topological polar surface area (TPSA) is 126 Å². The third-order valence-corrected chi connectivity index (χ3v) is 7.53. The van der Waals surface area contributed by atoms with Gasteiger partial charge in [-0.25, -0.2) is 8.78 Å². The second-order valence-electron chi connectivity index (χ2n) is 9.64. The van der Waals surface area contributed by atoms with Crippen LogP contribution in [0.2, 0.25) is 5.02 Å². The number of aliphatic hydroxyl groups is 1. The molecule has 1 atom stereocenters. The largest absolute Gasteiger partial charge is 0.484 e. The predicted octanol–water partition coefficient (Wildman–Crippen LogP) is 3.00. The molecule has 37 heavy (non-hydrogen) atoms. The molecule has 12 heteroatoms. The Morgan fingerprint density at radius 2 is 1.70 bits per heavy atom. The van der Waals surface area contributed by atoms with Gasteiger partial charge in [-0.1, -0.05) is 11.6 Å². The van der Waals surface area contributed by atoms with Crippen LogP contribution in [0.5, 0.6) is 11.5 Å². The van der Waals surface area contributed by atoms with Gasteiger partial charge in [0.1, 0.15) is 23.1 Å². The summed E-state index contributed by atoms with van der Waals surface area (Å²) in [5.41, 5.74) is -0.999. The van der Waals surface area contributed by atoms with Crippen LogP contribution in [0, 0.1) is 11.6 Å². The average Bonchev–Trinajstić information content (AvgIpc) is 3.34. The number of ether oxygens (including phenoxy) is 2. The Morgan fingerprint density at radius 1 is 1.03 bits per heavy atom. The number of carbonyl (C=O) groups is 2. The normalized spacial score (nSPS) is 24.6. The van der Waals surface area contributed by atoms with Gasteiger partial charge in [0.2, 0.25) is 0 Å². The number of hydrogen-bond donors (Lipinski definition) is 4. The second-order valence-corrected chi connectivity index (χ2v) is 10.0. The minimum absolute atomic E-state index is 0.0410. The van der Waals surface area contributed by atoms with E-state index in [1.807, 2.05) is 0 Å². The van der Waals surface area contributed by atoms with E-state index in [0.717, 1.165) is 6.07 Å². The Hall–Kier alpha value is -3.44. The number of hydrogen-bond acceptors (Lipinski definition) is 6. The molecule has 0 radical (unpaired) electrons. The highest BCUT2D eigenvalue weighted by molar-refractivity contribution is 6.30. The van der Waals surface area contributed by atoms with Gasteiger partial charge in [0.25, 0.3) is 11.8 Å². The molecule has 0 spiro atoms. The molecule has 3 aliphatic rings. The SMILES string of the molecule is O=C(COc1ccc(Cl)c(F)c1)NC12CCC(NC(=O)COc3cc(F)c4cn[nH]c4c3)(CC1)[C@@H](O)C2. The summed E-state index contributed by atoms with van der Waals surface area (Å²) in [5, 5.41) is 23.5. The highest BCUT2D eigenvalue weighted by Gasteiger charge is 2.55. The number of nitrogens with zero attached hydrogens (tertiary/aromatic N) is 1. The number of rotatable bonds is 8. The van der Waals surface area contributed by atoms with Crippen molar-refractivity contribution in [2.45, 2.75) is 49.3 Å². The summed E-state index contributed by atoms with van der Waals surface area (Å²) >= 11 is 5.65. The van der Waals surface area contributed by atoms with Crippen LogP contribution in [0.15, 0.2) is 36.5 Å². The van der Waals surface area contributed by atoms with Crippen molar-refractivity contribution in [3.8, 4) is 11.5 Å². The van der Waals surface area contributed by atoms with Crippen LogP contribution in [0.25, 0.3) is 10.9 Å². The maximum atomic E-state index is 14.1.